The number of benzene rings is 2. The number of hydrogen-bond acceptors (Lipinski definition) is 5. The van der Waals surface area contributed by atoms with Gasteiger partial charge in [0.15, 0.2) is 0 Å². The molecule has 0 aliphatic carbocycles. The highest BCUT2D eigenvalue weighted by Crippen LogP contribution is 2.29. The Morgan fingerprint density at radius 3 is 2.56 bits per heavy atom. The molecule has 27 heavy (non-hydrogen) atoms. The lowest BCUT2D eigenvalue weighted by atomic mass is 10.2. The van der Waals surface area contributed by atoms with Crippen LogP contribution < -0.4 is 14.8 Å². The molecule has 0 aliphatic rings. The Labute approximate surface area is 155 Å². The van der Waals surface area contributed by atoms with Gasteiger partial charge in [0.2, 0.25) is 11.8 Å². The van der Waals surface area contributed by atoms with E-state index in [0.29, 0.717) is 40.1 Å². The van der Waals surface area contributed by atoms with Gasteiger partial charge in [-0.2, -0.15) is 0 Å². The van der Waals surface area contributed by atoms with Gasteiger partial charge in [-0.25, -0.2) is 9.37 Å². The van der Waals surface area contributed by atoms with Gasteiger partial charge < -0.3 is 19.2 Å². The summed E-state index contributed by atoms with van der Waals surface area (Å²) in [5.74, 6) is 1.38. The second-order valence-corrected chi connectivity index (χ2v) is 5.82. The first-order valence-corrected chi connectivity index (χ1v) is 8.24. The normalized spacial score (nSPS) is 10.5. The van der Waals surface area contributed by atoms with Crippen LogP contribution in [0.2, 0.25) is 0 Å². The van der Waals surface area contributed by atoms with Crippen molar-refractivity contribution < 1.29 is 23.1 Å². The summed E-state index contributed by atoms with van der Waals surface area (Å²) >= 11 is 0. The molecule has 0 saturated carbocycles. The summed E-state index contributed by atoms with van der Waals surface area (Å²) in [6.07, 6.45) is 0.0247. The topological polar surface area (TPSA) is 73.6 Å². The molecule has 3 rings (SSSR count). The molecular formula is C20H19FN2O4. The van der Waals surface area contributed by atoms with Crippen LogP contribution in [-0.2, 0) is 11.2 Å². The number of hydrogen-bond donors (Lipinski definition) is 1. The Hall–Kier alpha value is -3.35. The van der Waals surface area contributed by atoms with Crippen molar-refractivity contribution in [1.82, 2.24) is 4.98 Å². The maximum absolute atomic E-state index is 13.1. The molecule has 1 aromatic heterocycles. The number of aromatic nitrogens is 1. The number of oxazole rings is 1. The molecule has 7 heteroatoms. The van der Waals surface area contributed by atoms with Crippen molar-refractivity contribution in [3.05, 3.63) is 59.7 Å². The predicted octanol–water partition coefficient (Wildman–Crippen LogP) is 3.99. The molecule has 0 radical (unpaired) electrons. The number of nitrogens with one attached hydrogen (secondary N) is 1. The molecule has 1 N–H and O–H groups in total. The summed E-state index contributed by atoms with van der Waals surface area (Å²) < 4.78 is 29.1. The zero-order valence-electron chi connectivity index (χ0n) is 15.2. The highest BCUT2D eigenvalue weighted by molar-refractivity contribution is 5.93. The third-order valence-electron chi connectivity index (χ3n) is 3.99. The summed E-state index contributed by atoms with van der Waals surface area (Å²) in [5.41, 5.74) is 1.65. The van der Waals surface area contributed by atoms with Crippen LogP contribution in [0.1, 0.15) is 11.5 Å². The first-order chi connectivity index (χ1) is 13.0. The van der Waals surface area contributed by atoms with Crippen LogP contribution in [0.4, 0.5) is 10.1 Å². The number of amides is 1. The summed E-state index contributed by atoms with van der Waals surface area (Å²) in [7, 11) is 3.07. The summed E-state index contributed by atoms with van der Waals surface area (Å²) in [6, 6.07) is 10.9. The van der Waals surface area contributed by atoms with Crippen LogP contribution in [0, 0.1) is 12.7 Å². The number of anilines is 1. The van der Waals surface area contributed by atoms with Crippen molar-refractivity contribution in [2.24, 2.45) is 0 Å². The van der Waals surface area contributed by atoms with Crippen molar-refractivity contribution in [2.45, 2.75) is 13.3 Å². The maximum Gasteiger partial charge on any atom is 0.230 e. The highest BCUT2D eigenvalue weighted by atomic mass is 19.1. The number of rotatable bonds is 6. The smallest absolute Gasteiger partial charge is 0.230 e. The van der Waals surface area contributed by atoms with E-state index in [9.17, 15) is 9.18 Å². The number of ether oxygens (including phenoxy) is 2. The van der Waals surface area contributed by atoms with E-state index in [-0.39, 0.29) is 18.1 Å². The fourth-order valence-corrected chi connectivity index (χ4v) is 2.57. The van der Waals surface area contributed by atoms with E-state index in [1.54, 1.807) is 44.4 Å². The number of halogens is 1. The number of aryl methyl sites for hydroxylation is 1. The minimum Gasteiger partial charge on any atom is -0.497 e. The van der Waals surface area contributed by atoms with Gasteiger partial charge in [0, 0.05) is 11.6 Å². The molecule has 0 atom stereocenters. The second kappa shape index (κ2) is 7.90. The largest absolute Gasteiger partial charge is 0.497 e. The van der Waals surface area contributed by atoms with Crippen molar-refractivity contribution in [1.29, 1.82) is 0 Å². The third kappa shape index (κ3) is 4.25. The van der Waals surface area contributed by atoms with Gasteiger partial charge in [-0.05, 0) is 43.3 Å². The van der Waals surface area contributed by atoms with Gasteiger partial charge in [0.05, 0.1) is 32.0 Å². The molecule has 140 valence electrons. The van der Waals surface area contributed by atoms with Crippen molar-refractivity contribution in [3.63, 3.8) is 0 Å². The lowest BCUT2D eigenvalue weighted by Crippen LogP contribution is -2.15. The monoisotopic (exact) mass is 370 g/mol. The number of carbonyl (C=O) groups is 1. The standard InChI is InChI=1S/C20H19FN2O4/c1-12-16(23-20(27-12)13-4-6-14(21)7-5-13)11-19(24)22-17-10-15(25-2)8-9-18(17)26-3/h4-10H,11H2,1-3H3,(H,22,24). The number of carbonyl (C=O) groups excluding carboxylic acids is 1. The van der Waals surface area contributed by atoms with Crippen molar-refractivity contribution >= 4 is 11.6 Å². The van der Waals surface area contributed by atoms with Crippen molar-refractivity contribution in [2.75, 3.05) is 19.5 Å². The Morgan fingerprint density at radius 2 is 1.89 bits per heavy atom. The zero-order valence-corrected chi connectivity index (χ0v) is 15.2. The second-order valence-electron chi connectivity index (χ2n) is 5.82. The summed E-state index contributed by atoms with van der Waals surface area (Å²) in [6.45, 7) is 1.73. The summed E-state index contributed by atoms with van der Waals surface area (Å²) in [4.78, 5) is 16.8. The zero-order chi connectivity index (χ0) is 19.4. The first kappa shape index (κ1) is 18.4. The molecule has 2 aromatic carbocycles. The Kier molecular flexibility index (Phi) is 5.40. The van der Waals surface area contributed by atoms with Crippen LogP contribution in [0.3, 0.4) is 0 Å². The number of nitrogens with zero attached hydrogens (tertiary/aromatic N) is 1. The first-order valence-electron chi connectivity index (χ1n) is 8.24. The number of methoxy groups -OCH3 is 2. The molecule has 0 saturated heterocycles. The maximum atomic E-state index is 13.1. The lowest BCUT2D eigenvalue weighted by molar-refractivity contribution is -0.115. The molecule has 1 heterocycles. The van der Waals surface area contributed by atoms with E-state index >= 15 is 0 Å². The molecule has 1 amide bonds. The van der Waals surface area contributed by atoms with E-state index in [4.69, 9.17) is 13.9 Å². The molecule has 6 nitrogen and oxygen atoms in total. The molecule has 0 spiro atoms. The Balaban J connectivity index is 1.76. The van der Waals surface area contributed by atoms with Gasteiger partial charge in [-0.1, -0.05) is 0 Å². The Bertz CT molecular complexity index is 951. The minimum atomic E-state index is -0.339. The van der Waals surface area contributed by atoms with E-state index < -0.39 is 0 Å². The van der Waals surface area contributed by atoms with Crippen LogP contribution in [0.25, 0.3) is 11.5 Å². The van der Waals surface area contributed by atoms with Gasteiger partial charge in [-0.3, -0.25) is 4.79 Å². The fourth-order valence-electron chi connectivity index (χ4n) is 2.57. The Morgan fingerprint density at radius 1 is 1.15 bits per heavy atom. The molecule has 3 aromatic rings. The van der Waals surface area contributed by atoms with E-state index in [1.807, 2.05) is 0 Å². The predicted molar refractivity (Wildman–Crippen MR) is 98.5 cm³/mol. The molecule has 0 aliphatic heterocycles. The quantitative estimate of drug-likeness (QED) is 0.710. The van der Waals surface area contributed by atoms with E-state index in [2.05, 4.69) is 10.3 Å². The van der Waals surface area contributed by atoms with Gasteiger partial charge in [-0.15, -0.1) is 0 Å². The van der Waals surface area contributed by atoms with Gasteiger partial charge >= 0.3 is 0 Å². The van der Waals surface area contributed by atoms with Gasteiger partial charge in [0.25, 0.3) is 0 Å². The van der Waals surface area contributed by atoms with E-state index in [0.717, 1.165) is 0 Å². The van der Waals surface area contributed by atoms with Crippen LogP contribution in [0.15, 0.2) is 46.9 Å². The lowest BCUT2D eigenvalue weighted by Gasteiger charge is -2.11. The van der Waals surface area contributed by atoms with Crippen LogP contribution >= 0.6 is 0 Å². The van der Waals surface area contributed by atoms with E-state index in [1.165, 1.54) is 19.2 Å². The SMILES string of the molecule is COc1ccc(OC)c(NC(=O)Cc2nc(-c3ccc(F)cc3)oc2C)c1. The molecular weight excluding hydrogens is 351 g/mol. The molecule has 0 bridgehead atoms. The van der Waals surface area contributed by atoms with Gasteiger partial charge in [0.1, 0.15) is 23.1 Å². The van der Waals surface area contributed by atoms with Crippen LogP contribution in [0.5, 0.6) is 11.5 Å². The minimum absolute atomic E-state index is 0.0247. The third-order valence-corrected chi connectivity index (χ3v) is 3.99. The average molecular weight is 370 g/mol. The average Bonchev–Trinajstić information content (AvgIpc) is 3.02. The highest BCUT2D eigenvalue weighted by Gasteiger charge is 2.16. The van der Waals surface area contributed by atoms with Crippen LogP contribution in [-0.4, -0.2) is 25.1 Å². The van der Waals surface area contributed by atoms with Crippen molar-refractivity contribution in [3.8, 4) is 23.0 Å². The summed E-state index contributed by atoms with van der Waals surface area (Å²) in [5, 5.41) is 2.79. The molecule has 0 unspecified atom stereocenters. The molecule has 0 fully saturated rings. The fraction of sp³-hybridized carbons (Fsp3) is 0.200.